The molecule has 1 fully saturated rings. The number of hydrogen-bond donors (Lipinski definition) is 1. The fourth-order valence-corrected chi connectivity index (χ4v) is 3.30. The number of benzene rings is 1. The van der Waals surface area contributed by atoms with E-state index in [4.69, 9.17) is 5.73 Å². The monoisotopic (exact) mass is 328 g/mol. The molecule has 0 radical (unpaired) electrons. The molecule has 2 N–H and O–H groups in total. The van der Waals surface area contributed by atoms with Crippen molar-refractivity contribution < 1.29 is 4.39 Å². The summed E-state index contributed by atoms with van der Waals surface area (Å²) in [6, 6.07) is 5.04. The molecule has 0 aromatic heterocycles. The molecule has 2 rings (SSSR count). The second kappa shape index (κ2) is 5.51. The molecule has 1 aromatic rings. The van der Waals surface area contributed by atoms with Crippen molar-refractivity contribution in [3.05, 3.63) is 34.1 Å². The number of nitrogens with two attached hydrogens (primary N) is 1. The molecule has 1 heterocycles. The van der Waals surface area contributed by atoms with Crippen LogP contribution in [0.15, 0.2) is 22.7 Å². The lowest BCUT2D eigenvalue weighted by atomic mass is 9.87. The van der Waals surface area contributed by atoms with Crippen LogP contribution in [-0.2, 0) is 0 Å². The van der Waals surface area contributed by atoms with Crippen LogP contribution in [0.5, 0.6) is 0 Å². The van der Waals surface area contributed by atoms with Gasteiger partial charge in [0.2, 0.25) is 0 Å². The van der Waals surface area contributed by atoms with Gasteiger partial charge in [0.15, 0.2) is 0 Å². The first-order chi connectivity index (χ1) is 8.80. The molecule has 1 aromatic carbocycles. The topological polar surface area (TPSA) is 29.3 Å². The highest BCUT2D eigenvalue weighted by Crippen LogP contribution is 2.37. The van der Waals surface area contributed by atoms with Crippen LogP contribution < -0.4 is 5.73 Å². The lowest BCUT2D eigenvalue weighted by molar-refractivity contribution is 0.0366. The third-order valence-corrected chi connectivity index (χ3v) is 4.31. The zero-order valence-corrected chi connectivity index (χ0v) is 13.4. The van der Waals surface area contributed by atoms with E-state index in [1.165, 1.54) is 6.07 Å². The zero-order chi connectivity index (χ0) is 14.2. The van der Waals surface area contributed by atoms with Gasteiger partial charge in [0.25, 0.3) is 0 Å². The Morgan fingerprint density at radius 1 is 1.37 bits per heavy atom. The summed E-state index contributed by atoms with van der Waals surface area (Å²) in [7, 11) is 0. The SMILES string of the molecule is CC(C)(C)N1CCCC(N)C1c1cc(Br)ccc1F. The molecular weight excluding hydrogens is 307 g/mol. The van der Waals surface area contributed by atoms with Crippen molar-refractivity contribution in [1.82, 2.24) is 4.90 Å². The summed E-state index contributed by atoms with van der Waals surface area (Å²) in [6.07, 6.45) is 2.02. The maximum Gasteiger partial charge on any atom is 0.128 e. The number of likely N-dealkylation sites (tertiary alicyclic amines) is 1. The zero-order valence-electron chi connectivity index (χ0n) is 11.8. The fraction of sp³-hybridized carbons (Fsp3) is 0.600. The normalized spacial score (nSPS) is 25.6. The van der Waals surface area contributed by atoms with Gasteiger partial charge >= 0.3 is 0 Å². The Morgan fingerprint density at radius 2 is 2.05 bits per heavy atom. The van der Waals surface area contributed by atoms with Gasteiger partial charge in [-0.15, -0.1) is 0 Å². The quantitative estimate of drug-likeness (QED) is 0.848. The van der Waals surface area contributed by atoms with Crippen molar-refractivity contribution in [2.75, 3.05) is 6.54 Å². The van der Waals surface area contributed by atoms with Crippen LogP contribution in [0.2, 0.25) is 0 Å². The molecule has 0 saturated carbocycles. The molecule has 0 amide bonds. The van der Waals surface area contributed by atoms with Gasteiger partial charge in [-0.05, 0) is 58.4 Å². The molecular formula is C15H22BrFN2. The van der Waals surface area contributed by atoms with Crippen LogP contribution in [0.4, 0.5) is 4.39 Å². The highest BCUT2D eigenvalue weighted by molar-refractivity contribution is 9.10. The Hall–Kier alpha value is -0.450. The van der Waals surface area contributed by atoms with Crippen LogP contribution in [0, 0.1) is 5.82 Å². The highest BCUT2D eigenvalue weighted by Gasteiger charge is 2.37. The molecule has 1 saturated heterocycles. The molecule has 0 aliphatic carbocycles. The summed E-state index contributed by atoms with van der Waals surface area (Å²) in [5, 5.41) is 0. The van der Waals surface area contributed by atoms with Crippen molar-refractivity contribution in [3.8, 4) is 0 Å². The van der Waals surface area contributed by atoms with Crippen molar-refractivity contribution in [1.29, 1.82) is 0 Å². The average Bonchev–Trinajstić information content (AvgIpc) is 2.31. The lowest BCUT2D eigenvalue weighted by Crippen LogP contribution is -2.53. The average molecular weight is 329 g/mol. The minimum atomic E-state index is -0.167. The van der Waals surface area contributed by atoms with E-state index in [1.807, 2.05) is 6.07 Å². The molecule has 1 aliphatic rings. The molecule has 2 unspecified atom stereocenters. The molecule has 106 valence electrons. The second-order valence-corrected chi connectivity index (χ2v) is 7.20. The lowest BCUT2D eigenvalue weighted by Gasteiger charge is -2.47. The summed E-state index contributed by atoms with van der Waals surface area (Å²) in [4.78, 5) is 2.33. The van der Waals surface area contributed by atoms with Gasteiger partial charge in [-0.3, -0.25) is 4.90 Å². The van der Waals surface area contributed by atoms with Gasteiger partial charge in [0.1, 0.15) is 5.82 Å². The molecule has 1 aliphatic heterocycles. The third-order valence-electron chi connectivity index (χ3n) is 3.82. The van der Waals surface area contributed by atoms with Gasteiger partial charge in [-0.25, -0.2) is 4.39 Å². The van der Waals surface area contributed by atoms with Gasteiger partial charge in [-0.2, -0.15) is 0 Å². The summed E-state index contributed by atoms with van der Waals surface area (Å²) in [6.45, 7) is 7.45. The van der Waals surface area contributed by atoms with E-state index in [9.17, 15) is 4.39 Å². The molecule has 0 spiro atoms. The second-order valence-electron chi connectivity index (χ2n) is 6.28. The third kappa shape index (κ3) is 3.18. The number of nitrogens with zero attached hydrogens (tertiary/aromatic N) is 1. The van der Waals surface area contributed by atoms with E-state index in [1.54, 1.807) is 6.07 Å². The van der Waals surface area contributed by atoms with Crippen molar-refractivity contribution in [3.63, 3.8) is 0 Å². The first-order valence-corrected chi connectivity index (χ1v) is 7.57. The minimum Gasteiger partial charge on any atom is -0.326 e. The van der Waals surface area contributed by atoms with Gasteiger partial charge in [0, 0.05) is 21.6 Å². The first-order valence-electron chi connectivity index (χ1n) is 6.78. The number of halogens is 2. The minimum absolute atomic E-state index is 0.0164. The maximum absolute atomic E-state index is 14.2. The number of hydrogen-bond acceptors (Lipinski definition) is 2. The van der Waals surface area contributed by atoms with Crippen molar-refractivity contribution in [2.45, 2.75) is 51.2 Å². The molecule has 0 bridgehead atoms. The molecule has 19 heavy (non-hydrogen) atoms. The smallest absolute Gasteiger partial charge is 0.128 e. The van der Waals surface area contributed by atoms with Crippen LogP contribution >= 0.6 is 15.9 Å². The van der Waals surface area contributed by atoms with Crippen molar-refractivity contribution >= 4 is 15.9 Å². The van der Waals surface area contributed by atoms with E-state index in [0.29, 0.717) is 5.56 Å². The summed E-state index contributed by atoms with van der Waals surface area (Å²) in [5.74, 6) is -0.167. The van der Waals surface area contributed by atoms with E-state index in [2.05, 4.69) is 41.6 Å². The molecule has 2 nitrogen and oxygen atoms in total. The predicted octanol–water partition coefficient (Wildman–Crippen LogP) is 3.85. The Kier molecular flexibility index (Phi) is 4.33. The largest absolute Gasteiger partial charge is 0.326 e. The van der Waals surface area contributed by atoms with Gasteiger partial charge < -0.3 is 5.73 Å². The van der Waals surface area contributed by atoms with E-state index >= 15 is 0 Å². The maximum atomic E-state index is 14.2. The Balaban J connectivity index is 2.45. The van der Waals surface area contributed by atoms with Gasteiger partial charge in [-0.1, -0.05) is 15.9 Å². The summed E-state index contributed by atoms with van der Waals surface area (Å²) < 4.78 is 15.1. The first kappa shape index (κ1) is 14.9. The number of rotatable bonds is 1. The Morgan fingerprint density at radius 3 is 2.68 bits per heavy atom. The van der Waals surface area contributed by atoms with Gasteiger partial charge in [0.05, 0.1) is 6.04 Å². The predicted molar refractivity (Wildman–Crippen MR) is 80.5 cm³/mol. The van der Waals surface area contributed by atoms with Crippen LogP contribution in [0.1, 0.15) is 45.2 Å². The highest BCUT2D eigenvalue weighted by atomic mass is 79.9. The van der Waals surface area contributed by atoms with Crippen LogP contribution in [0.25, 0.3) is 0 Å². The van der Waals surface area contributed by atoms with Crippen LogP contribution in [0.3, 0.4) is 0 Å². The van der Waals surface area contributed by atoms with E-state index in [-0.39, 0.29) is 23.4 Å². The summed E-state index contributed by atoms with van der Waals surface area (Å²) >= 11 is 3.43. The van der Waals surface area contributed by atoms with E-state index < -0.39 is 0 Å². The molecule has 4 heteroatoms. The molecule has 2 atom stereocenters. The summed E-state index contributed by atoms with van der Waals surface area (Å²) in [5.41, 5.74) is 6.98. The number of piperidine rings is 1. The fourth-order valence-electron chi connectivity index (χ4n) is 2.92. The standard InChI is InChI=1S/C15H22BrFN2/c1-15(2,3)19-8-4-5-13(18)14(19)11-9-10(16)6-7-12(11)17/h6-7,9,13-14H,4-5,8,18H2,1-3H3. The van der Waals surface area contributed by atoms with E-state index in [0.717, 1.165) is 23.9 Å². The Labute approximate surface area is 123 Å². The Bertz CT molecular complexity index is 456. The van der Waals surface area contributed by atoms with Crippen molar-refractivity contribution in [2.24, 2.45) is 5.73 Å². The van der Waals surface area contributed by atoms with Crippen LogP contribution in [-0.4, -0.2) is 23.0 Å².